The molecule has 100 valence electrons. The molecular weight excluding hydrogens is 252 g/mol. The number of aliphatic hydroxyl groups excluding tert-OH is 1. The van der Waals surface area contributed by atoms with Crippen molar-refractivity contribution in [3.05, 3.63) is 23.3 Å². The molecule has 5 heteroatoms. The van der Waals surface area contributed by atoms with E-state index in [0.29, 0.717) is 11.3 Å². The summed E-state index contributed by atoms with van der Waals surface area (Å²) in [6.07, 6.45) is 0.563. The molecule has 1 N–H and O–H groups in total. The Hall–Kier alpha value is -1.20. The third kappa shape index (κ3) is 2.97. The quantitative estimate of drug-likeness (QED) is 0.657. The van der Waals surface area contributed by atoms with Gasteiger partial charge in [0.2, 0.25) is 0 Å². The second kappa shape index (κ2) is 6.66. The fraction of sp³-hybridized carbons (Fsp3) is 0.462. The van der Waals surface area contributed by atoms with Crippen molar-refractivity contribution in [3.63, 3.8) is 0 Å². The Labute approximate surface area is 111 Å². The fourth-order valence-electron chi connectivity index (χ4n) is 1.74. The number of carbonyl (C=O) groups is 1. The molecule has 0 bridgehead atoms. The van der Waals surface area contributed by atoms with E-state index in [1.54, 1.807) is 6.92 Å². The second-order valence-electron chi connectivity index (χ2n) is 3.69. The summed E-state index contributed by atoms with van der Waals surface area (Å²) in [5, 5.41) is 10.1. The first-order valence-electron chi connectivity index (χ1n) is 5.63. The van der Waals surface area contributed by atoms with Gasteiger partial charge in [-0.15, -0.1) is 11.8 Å². The Morgan fingerprint density at radius 1 is 1.50 bits per heavy atom. The summed E-state index contributed by atoms with van der Waals surface area (Å²) in [6, 6.07) is 3.76. The number of carbonyl (C=O) groups excluding carboxylic acids is 1. The smallest absolute Gasteiger partial charge is 0.339 e. The number of aliphatic hydroxyl groups is 1. The zero-order chi connectivity index (χ0) is 13.7. The first-order chi connectivity index (χ1) is 8.56. The van der Waals surface area contributed by atoms with Crippen molar-refractivity contribution in [2.45, 2.75) is 24.8 Å². The predicted molar refractivity (Wildman–Crippen MR) is 71.1 cm³/mol. The summed E-state index contributed by atoms with van der Waals surface area (Å²) in [7, 11) is 1.52. The highest BCUT2D eigenvalue weighted by Crippen LogP contribution is 2.36. The van der Waals surface area contributed by atoms with Crippen LogP contribution in [0.4, 0.5) is 0 Å². The van der Waals surface area contributed by atoms with Gasteiger partial charge in [0.15, 0.2) is 6.10 Å². The number of methoxy groups -OCH3 is 1. The van der Waals surface area contributed by atoms with Crippen molar-refractivity contribution in [2.24, 2.45) is 0 Å². The Kier molecular flexibility index (Phi) is 5.50. The van der Waals surface area contributed by atoms with Crippen molar-refractivity contribution >= 4 is 17.7 Å². The molecule has 0 saturated heterocycles. The van der Waals surface area contributed by atoms with Gasteiger partial charge in [-0.05, 0) is 31.7 Å². The highest BCUT2D eigenvalue weighted by atomic mass is 32.2. The summed E-state index contributed by atoms with van der Waals surface area (Å²) in [6.45, 7) is 3.80. The van der Waals surface area contributed by atoms with E-state index in [0.717, 1.165) is 10.5 Å². The van der Waals surface area contributed by atoms with Crippen LogP contribution in [-0.4, -0.2) is 31.0 Å². The number of benzene rings is 1. The van der Waals surface area contributed by atoms with Crippen molar-refractivity contribution in [1.82, 2.24) is 0 Å². The predicted octanol–water partition coefficient (Wildman–Crippen LogP) is 2.32. The number of ether oxygens (including phenoxy) is 2. The summed E-state index contributed by atoms with van der Waals surface area (Å²) >= 11 is 1.45. The van der Waals surface area contributed by atoms with Crippen LogP contribution in [0.15, 0.2) is 17.0 Å². The summed E-state index contributed by atoms with van der Waals surface area (Å²) < 4.78 is 10.1. The molecule has 18 heavy (non-hydrogen) atoms. The van der Waals surface area contributed by atoms with E-state index in [2.05, 4.69) is 0 Å². The summed E-state index contributed by atoms with van der Waals surface area (Å²) in [4.78, 5) is 12.5. The van der Waals surface area contributed by atoms with Crippen LogP contribution < -0.4 is 4.74 Å². The van der Waals surface area contributed by atoms with Crippen LogP contribution in [0.3, 0.4) is 0 Å². The average molecular weight is 270 g/mol. The maximum atomic E-state index is 11.7. The van der Waals surface area contributed by atoms with Gasteiger partial charge in [-0.3, -0.25) is 0 Å². The standard InChI is InChI=1S/C13H18O4S/c1-5-17-13(15)11(14)10-9(18-4)7-6-8(2)12(10)16-3/h6-7,11,14H,5H2,1-4H3. The van der Waals surface area contributed by atoms with Crippen molar-refractivity contribution in [2.75, 3.05) is 20.0 Å². The number of hydrogen-bond acceptors (Lipinski definition) is 5. The minimum atomic E-state index is -1.32. The van der Waals surface area contributed by atoms with Gasteiger partial charge < -0.3 is 14.6 Å². The van der Waals surface area contributed by atoms with Gasteiger partial charge in [-0.2, -0.15) is 0 Å². The van der Waals surface area contributed by atoms with Crippen molar-refractivity contribution < 1.29 is 19.4 Å². The molecule has 0 spiro atoms. The lowest BCUT2D eigenvalue weighted by atomic mass is 10.0. The number of aryl methyl sites for hydroxylation is 1. The molecule has 0 fully saturated rings. The van der Waals surface area contributed by atoms with E-state index < -0.39 is 12.1 Å². The molecule has 0 amide bonds. The fourth-order valence-corrected chi connectivity index (χ4v) is 2.37. The van der Waals surface area contributed by atoms with E-state index in [1.807, 2.05) is 25.3 Å². The summed E-state index contributed by atoms with van der Waals surface area (Å²) in [5.41, 5.74) is 1.34. The first-order valence-corrected chi connectivity index (χ1v) is 6.85. The SMILES string of the molecule is CCOC(=O)C(O)c1c(SC)ccc(C)c1OC. The molecule has 0 aliphatic heterocycles. The lowest BCUT2D eigenvalue weighted by Gasteiger charge is -2.18. The summed E-state index contributed by atoms with van der Waals surface area (Å²) in [5.74, 6) is -0.126. The molecule has 0 saturated carbocycles. The largest absolute Gasteiger partial charge is 0.496 e. The molecule has 0 radical (unpaired) electrons. The molecule has 1 atom stereocenters. The van der Waals surface area contributed by atoms with E-state index in [4.69, 9.17) is 9.47 Å². The number of thioether (sulfide) groups is 1. The minimum absolute atomic E-state index is 0.235. The van der Waals surface area contributed by atoms with Crippen LogP contribution in [0.5, 0.6) is 5.75 Å². The van der Waals surface area contributed by atoms with Gasteiger partial charge in [0, 0.05) is 10.5 Å². The third-order valence-corrected chi connectivity index (χ3v) is 3.36. The van der Waals surface area contributed by atoms with Gasteiger partial charge in [0.1, 0.15) is 5.75 Å². The highest BCUT2D eigenvalue weighted by Gasteiger charge is 2.26. The van der Waals surface area contributed by atoms with E-state index in [-0.39, 0.29) is 6.61 Å². The highest BCUT2D eigenvalue weighted by molar-refractivity contribution is 7.98. The van der Waals surface area contributed by atoms with Gasteiger partial charge in [-0.1, -0.05) is 6.07 Å². The molecule has 1 aromatic carbocycles. The second-order valence-corrected chi connectivity index (χ2v) is 4.53. The Balaban J connectivity index is 3.27. The normalized spacial score (nSPS) is 12.1. The van der Waals surface area contributed by atoms with Gasteiger partial charge in [0.05, 0.1) is 13.7 Å². The molecule has 0 aromatic heterocycles. The van der Waals surface area contributed by atoms with Crippen LogP contribution in [0.1, 0.15) is 24.2 Å². The lowest BCUT2D eigenvalue weighted by molar-refractivity contribution is -0.153. The topological polar surface area (TPSA) is 55.8 Å². The first kappa shape index (κ1) is 14.9. The lowest BCUT2D eigenvalue weighted by Crippen LogP contribution is -2.17. The maximum Gasteiger partial charge on any atom is 0.339 e. The van der Waals surface area contributed by atoms with Crippen molar-refractivity contribution in [1.29, 1.82) is 0 Å². The van der Waals surface area contributed by atoms with E-state index >= 15 is 0 Å². The van der Waals surface area contributed by atoms with Crippen LogP contribution >= 0.6 is 11.8 Å². The van der Waals surface area contributed by atoms with Crippen LogP contribution in [0.2, 0.25) is 0 Å². The zero-order valence-electron chi connectivity index (χ0n) is 11.0. The van der Waals surface area contributed by atoms with E-state index in [9.17, 15) is 9.90 Å². The Morgan fingerprint density at radius 3 is 2.67 bits per heavy atom. The van der Waals surface area contributed by atoms with Gasteiger partial charge >= 0.3 is 5.97 Å². The zero-order valence-corrected chi connectivity index (χ0v) is 11.8. The van der Waals surface area contributed by atoms with E-state index in [1.165, 1.54) is 18.9 Å². The molecule has 0 aliphatic rings. The van der Waals surface area contributed by atoms with Gasteiger partial charge in [0.25, 0.3) is 0 Å². The number of esters is 1. The van der Waals surface area contributed by atoms with Crippen LogP contribution in [0, 0.1) is 6.92 Å². The van der Waals surface area contributed by atoms with Crippen LogP contribution in [0.25, 0.3) is 0 Å². The Morgan fingerprint density at radius 2 is 2.17 bits per heavy atom. The molecule has 1 rings (SSSR count). The Bertz CT molecular complexity index is 431. The average Bonchev–Trinajstić information content (AvgIpc) is 2.37. The number of rotatable bonds is 5. The molecule has 0 aliphatic carbocycles. The minimum Gasteiger partial charge on any atom is -0.496 e. The molecule has 0 heterocycles. The number of hydrogen-bond donors (Lipinski definition) is 1. The van der Waals surface area contributed by atoms with Crippen molar-refractivity contribution in [3.8, 4) is 5.75 Å². The van der Waals surface area contributed by atoms with Crippen LogP contribution in [-0.2, 0) is 9.53 Å². The molecular formula is C13H18O4S. The molecule has 1 unspecified atom stereocenters. The maximum absolute atomic E-state index is 11.7. The molecule has 1 aromatic rings. The van der Waals surface area contributed by atoms with Gasteiger partial charge in [-0.25, -0.2) is 4.79 Å². The third-order valence-electron chi connectivity index (χ3n) is 2.56. The molecule has 4 nitrogen and oxygen atoms in total. The monoisotopic (exact) mass is 270 g/mol.